The van der Waals surface area contributed by atoms with Crippen LogP contribution < -0.4 is 10.2 Å². The van der Waals surface area contributed by atoms with Crippen molar-refractivity contribution in [2.45, 2.75) is 12.1 Å². The highest BCUT2D eigenvalue weighted by Crippen LogP contribution is 2.42. The van der Waals surface area contributed by atoms with Crippen molar-refractivity contribution in [3.8, 4) is 11.3 Å². The monoisotopic (exact) mass is 431 g/mol. The zero-order valence-electron chi connectivity index (χ0n) is 15.9. The first kappa shape index (κ1) is 18.9. The maximum atomic E-state index is 6.33. The predicted molar refractivity (Wildman–Crippen MR) is 124 cm³/mol. The van der Waals surface area contributed by atoms with Crippen molar-refractivity contribution in [2.24, 2.45) is 0 Å². The molecular formula is C24H18ClN3OS. The summed E-state index contributed by atoms with van der Waals surface area (Å²) in [4.78, 5) is 6.66. The van der Waals surface area contributed by atoms with Crippen LogP contribution >= 0.6 is 23.8 Å². The highest BCUT2D eigenvalue weighted by molar-refractivity contribution is 7.80. The molecule has 0 saturated carbocycles. The van der Waals surface area contributed by atoms with Crippen molar-refractivity contribution >= 4 is 34.6 Å². The summed E-state index contributed by atoms with van der Waals surface area (Å²) in [5, 5.41) is 4.78. The van der Waals surface area contributed by atoms with Crippen molar-refractivity contribution in [3.63, 3.8) is 0 Å². The number of rotatable bonds is 4. The first-order valence-electron chi connectivity index (χ1n) is 9.62. The fraction of sp³-hybridized carbons (Fsp3) is 0.0833. The minimum atomic E-state index is -0.171. The standard InChI is InChI=1S/C24H18ClN3OS/c25-17-11-9-16(10-12-17)20-13-14-21(29-20)23-22(19-8-4-5-15-26-19)27-24(30)28(23)18-6-2-1-3-7-18/h1-15,22-23H,(H,27,30)/t22-,23+/m0/s1. The van der Waals surface area contributed by atoms with Crippen LogP contribution in [0.25, 0.3) is 11.3 Å². The molecule has 0 amide bonds. The highest BCUT2D eigenvalue weighted by atomic mass is 35.5. The number of furan rings is 1. The zero-order valence-corrected chi connectivity index (χ0v) is 17.5. The Bertz CT molecular complexity index is 1160. The molecule has 0 bridgehead atoms. The van der Waals surface area contributed by atoms with Crippen LogP contribution in [0, 0.1) is 0 Å². The van der Waals surface area contributed by atoms with Gasteiger partial charge in [0.2, 0.25) is 0 Å². The molecule has 3 heterocycles. The Morgan fingerprint density at radius 1 is 0.900 bits per heavy atom. The number of hydrogen-bond acceptors (Lipinski definition) is 3. The average molecular weight is 432 g/mol. The molecule has 4 aromatic rings. The van der Waals surface area contributed by atoms with E-state index in [1.165, 1.54) is 0 Å². The molecule has 0 radical (unpaired) electrons. The fourth-order valence-electron chi connectivity index (χ4n) is 3.79. The molecule has 0 aliphatic carbocycles. The van der Waals surface area contributed by atoms with E-state index in [0.29, 0.717) is 10.1 Å². The van der Waals surface area contributed by atoms with Gasteiger partial charge in [0.1, 0.15) is 17.6 Å². The summed E-state index contributed by atoms with van der Waals surface area (Å²) in [5.74, 6) is 1.60. The molecule has 4 nitrogen and oxygen atoms in total. The maximum absolute atomic E-state index is 6.33. The van der Waals surface area contributed by atoms with Gasteiger partial charge in [-0.1, -0.05) is 35.9 Å². The second kappa shape index (κ2) is 7.94. The SMILES string of the molecule is S=C1N[C@@H](c2ccccn2)[C@@H](c2ccc(-c3ccc(Cl)cc3)o2)N1c1ccccc1. The van der Waals surface area contributed by atoms with Crippen LogP contribution in [0.2, 0.25) is 5.02 Å². The summed E-state index contributed by atoms with van der Waals surface area (Å²) in [6, 6.07) is 27.3. The molecule has 148 valence electrons. The van der Waals surface area contributed by atoms with Gasteiger partial charge in [0.25, 0.3) is 0 Å². The lowest BCUT2D eigenvalue weighted by Gasteiger charge is -2.26. The Kier molecular flexibility index (Phi) is 4.99. The lowest BCUT2D eigenvalue weighted by atomic mass is 10.0. The van der Waals surface area contributed by atoms with Crippen LogP contribution in [0.4, 0.5) is 5.69 Å². The quantitative estimate of drug-likeness (QED) is 0.391. The second-order valence-electron chi connectivity index (χ2n) is 7.04. The van der Waals surface area contributed by atoms with Gasteiger partial charge in [0.15, 0.2) is 5.11 Å². The van der Waals surface area contributed by atoms with Crippen LogP contribution in [0.15, 0.2) is 95.5 Å². The molecule has 2 aromatic carbocycles. The van der Waals surface area contributed by atoms with E-state index >= 15 is 0 Å². The van der Waals surface area contributed by atoms with Gasteiger partial charge >= 0.3 is 0 Å². The first-order valence-corrected chi connectivity index (χ1v) is 10.4. The van der Waals surface area contributed by atoms with Gasteiger partial charge < -0.3 is 14.6 Å². The Labute approximate surface area is 185 Å². The number of para-hydroxylation sites is 1. The van der Waals surface area contributed by atoms with Gasteiger partial charge in [-0.05, 0) is 72.9 Å². The van der Waals surface area contributed by atoms with E-state index in [4.69, 9.17) is 28.2 Å². The first-order chi connectivity index (χ1) is 14.7. The van der Waals surface area contributed by atoms with Crippen molar-refractivity contribution < 1.29 is 4.42 Å². The summed E-state index contributed by atoms with van der Waals surface area (Å²) in [6.07, 6.45) is 1.80. The summed E-state index contributed by atoms with van der Waals surface area (Å²) in [6.45, 7) is 0. The van der Waals surface area contributed by atoms with Gasteiger partial charge in [-0.15, -0.1) is 0 Å². The van der Waals surface area contributed by atoms with Crippen molar-refractivity contribution in [3.05, 3.63) is 108 Å². The zero-order chi connectivity index (χ0) is 20.5. The third-order valence-electron chi connectivity index (χ3n) is 5.18. The van der Waals surface area contributed by atoms with Gasteiger partial charge in [-0.3, -0.25) is 4.98 Å². The number of hydrogen-bond donors (Lipinski definition) is 1. The van der Waals surface area contributed by atoms with E-state index in [1.807, 2.05) is 84.9 Å². The molecule has 5 rings (SSSR count). The van der Waals surface area contributed by atoms with Crippen molar-refractivity contribution in [2.75, 3.05) is 4.90 Å². The topological polar surface area (TPSA) is 41.3 Å². The highest BCUT2D eigenvalue weighted by Gasteiger charge is 2.42. The summed E-state index contributed by atoms with van der Waals surface area (Å²) < 4.78 is 6.33. The Morgan fingerprint density at radius 3 is 2.40 bits per heavy atom. The van der Waals surface area contributed by atoms with Gasteiger partial charge in [-0.25, -0.2) is 0 Å². The van der Waals surface area contributed by atoms with Gasteiger partial charge in [0, 0.05) is 22.5 Å². The summed E-state index contributed by atoms with van der Waals surface area (Å²) in [5.41, 5.74) is 2.88. The minimum Gasteiger partial charge on any atom is -0.459 e. The second-order valence-corrected chi connectivity index (χ2v) is 7.86. The van der Waals surface area contributed by atoms with Crippen LogP contribution in [0.3, 0.4) is 0 Å². The van der Waals surface area contributed by atoms with Gasteiger partial charge in [0.05, 0.1) is 11.7 Å². The fourth-order valence-corrected chi connectivity index (χ4v) is 4.26. The molecular weight excluding hydrogens is 414 g/mol. The lowest BCUT2D eigenvalue weighted by molar-refractivity contribution is 0.439. The largest absolute Gasteiger partial charge is 0.459 e. The number of aromatic nitrogens is 1. The molecule has 30 heavy (non-hydrogen) atoms. The van der Waals surface area contributed by atoms with E-state index in [0.717, 1.165) is 28.5 Å². The Hall–Kier alpha value is -3.15. The summed E-state index contributed by atoms with van der Waals surface area (Å²) >= 11 is 11.8. The average Bonchev–Trinajstić information content (AvgIpc) is 3.40. The number of anilines is 1. The van der Waals surface area contributed by atoms with Crippen LogP contribution in [-0.2, 0) is 0 Å². The molecule has 0 unspecified atom stereocenters. The van der Waals surface area contributed by atoms with Crippen molar-refractivity contribution in [1.29, 1.82) is 0 Å². The van der Waals surface area contributed by atoms with Crippen LogP contribution in [0.5, 0.6) is 0 Å². The molecule has 0 spiro atoms. The summed E-state index contributed by atoms with van der Waals surface area (Å²) in [7, 11) is 0. The van der Waals surface area contributed by atoms with Crippen molar-refractivity contribution in [1.82, 2.24) is 10.3 Å². The molecule has 1 aliphatic rings. The maximum Gasteiger partial charge on any atom is 0.174 e. The molecule has 1 N–H and O–H groups in total. The van der Waals surface area contributed by atoms with Gasteiger partial charge in [-0.2, -0.15) is 0 Å². The lowest BCUT2D eigenvalue weighted by Crippen LogP contribution is -2.29. The third-order valence-corrected chi connectivity index (χ3v) is 5.75. The molecule has 1 aliphatic heterocycles. The number of nitrogens with one attached hydrogen (secondary N) is 1. The van der Waals surface area contributed by atoms with Crippen LogP contribution in [0.1, 0.15) is 23.5 Å². The number of nitrogens with zero attached hydrogens (tertiary/aromatic N) is 2. The molecule has 1 fully saturated rings. The van der Waals surface area contributed by atoms with E-state index < -0.39 is 0 Å². The smallest absolute Gasteiger partial charge is 0.174 e. The third kappa shape index (κ3) is 3.47. The molecule has 2 aromatic heterocycles. The number of pyridine rings is 1. The molecule has 6 heteroatoms. The number of thiocarbonyl (C=S) groups is 1. The number of halogens is 1. The predicted octanol–water partition coefficient (Wildman–Crippen LogP) is 6.17. The number of benzene rings is 2. The van der Waals surface area contributed by atoms with E-state index in [2.05, 4.69) is 15.2 Å². The van der Waals surface area contributed by atoms with E-state index in [-0.39, 0.29) is 12.1 Å². The van der Waals surface area contributed by atoms with Crippen LogP contribution in [-0.4, -0.2) is 10.1 Å². The Balaban J connectivity index is 1.59. The molecule has 1 saturated heterocycles. The van der Waals surface area contributed by atoms with E-state index in [1.54, 1.807) is 6.20 Å². The minimum absolute atomic E-state index is 0.136. The van der Waals surface area contributed by atoms with E-state index in [9.17, 15) is 0 Å². The normalized spacial score (nSPS) is 18.4. The molecule has 2 atom stereocenters. The Morgan fingerprint density at radius 2 is 1.67 bits per heavy atom.